The maximum atomic E-state index is 13.4. The van der Waals surface area contributed by atoms with Crippen molar-refractivity contribution in [2.75, 3.05) is 18.5 Å². The van der Waals surface area contributed by atoms with Gasteiger partial charge >= 0.3 is 12.1 Å². The standard InChI is InChI=1S/C12H10Cl3FN2O4/c13-9(14)10(15)18-12(21)22-5-4-17-7-3-1-2-6(16)8(7)11(19)20/h1-3,17H,4-5H2,(H,18,21)(H,19,20). The largest absolute Gasteiger partial charge is 0.478 e. The predicted molar refractivity (Wildman–Crippen MR) is 80.9 cm³/mol. The number of anilines is 1. The van der Waals surface area contributed by atoms with Crippen molar-refractivity contribution in [2.45, 2.75) is 0 Å². The molecule has 1 aromatic carbocycles. The summed E-state index contributed by atoms with van der Waals surface area (Å²) in [4.78, 5) is 22.2. The molecule has 0 bridgehead atoms. The van der Waals surface area contributed by atoms with E-state index in [1.54, 1.807) is 0 Å². The fraction of sp³-hybridized carbons (Fsp3) is 0.167. The first-order valence-corrected chi connectivity index (χ1v) is 6.86. The Bertz CT molecular complexity index is 606. The van der Waals surface area contributed by atoms with Crippen molar-refractivity contribution in [2.24, 2.45) is 0 Å². The molecule has 120 valence electrons. The van der Waals surface area contributed by atoms with Gasteiger partial charge in [0.25, 0.3) is 0 Å². The third-order valence-electron chi connectivity index (χ3n) is 2.26. The molecule has 0 saturated carbocycles. The van der Waals surface area contributed by atoms with Crippen LogP contribution in [0.25, 0.3) is 0 Å². The molecule has 0 heterocycles. The molecule has 0 fully saturated rings. The number of ether oxygens (including phenoxy) is 1. The molecule has 0 spiro atoms. The smallest absolute Gasteiger partial charge is 0.412 e. The second-order valence-corrected chi connectivity index (χ2v) is 5.06. The van der Waals surface area contributed by atoms with Crippen molar-refractivity contribution < 1.29 is 23.8 Å². The summed E-state index contributed by atoms with van der Waals surface area (Å²) in [6.45, 7) is -0.0847. The Hall–Kier alpha value is -1.70. The number of carbonyl (C=O) groups is 2. The number of carbonyl (C=O) groups excluding carboxylic acids is 1. The number of halogens is 4. The highest BCUT2D eigenvalue weighted by atomic mass is 35.5. The summed E-state index contributed by atoms with van der Waals surface area (Å²) in [6.07, 6.45) is -0.900. The second kappa shape index (κ2) is 8.67. The van der Waals surface area contributed by atoms with Crippen molar-refractivity contribution in [1.82, 2.24) is 5.32 Å². The lowest BCUT2D eigenvalue weighted by atomic mass is 10.1. The van der Waals surface area contributed by atoms with E-state index in [-0.39, 0.29) is 28.5 Å². The average Bonchev–Trinajstić information content (AvgIpc) is 2.43. The molecule has 0 aromatic heterocycles. The van der Waals surface area contributed by atoms with E-state index in [1.165, 1.54) is 12.1 Å². The van der Waals surface area contributed by atoms with E-state index < -0.39 is 23.4 Å². The van der Waals surface area contributed by atoms with Crippen molar-refractivity contribution in [3.63, 3.8) is 0 Å². The number of nitrogens with one attached hydrogen (secondary N) is 2. The number of benzene rings is 1. The van der Waals surface area contributed by atoms with Crippen LogP contribution >= 0.6 is 34.8 Å². The van der Waals surface area contributed by atoms with Gasteiger partial charge in [0, 0.05) is 6.54 Å². The molecular weight excluding hydrogens is 361 g/mol. The van der Waals surface area contributed by atoms with Crippen LogP contribution in [0.4, 0.5) is 14.9 Å². The summed E-state index contributed by atoms with van der Waals surface area (Å²) >= 11 is 16.1. The number of hydrogen-bond donors (Lipinski definition) is 3. The molecule has 0 radical (unpaired) electrons. The number of aromatic carboxylic acids is 1. The quantitative estimate of drug-likeness (QED) is 0.526. The number of carboxylic acid groups (broad SMARTS) is 1. The maximum Gasteiger partial charge on any atom is 0.412 e. The number of carboxylic acids is 1. The minimum atomic E-state index is -1.41. The van der Waals surface area contributed by atoms with Crippen LogP contribution in [-0.2, 0) is 4.74 Å². The zero-order valence-electron chi connectivity index (χ0n) is 10.8. The zero-order chi connectivity index (χ0) is 16.7. The number of rotatable bonds is 6. The lowest BCUT2D eigenvalue weighted by molar-refractivity contribution is 0.0692. The molecule has 1 aromatic rings. The minimum absolute atomic E-state index is 0.0487. The summed E-state index contributed by atoms with van der Waals surface area (Å²) < 4.78 is 17.8. The van der Waals surface area contributed by atoms with E-state index in [0.717, 1.165) is 6.07 Å². The van der Waals surface area contributed by atoms with E-state index in [9.17, 15) is 14.0 Å². The molecule has 1 amide bonds. The molecule has 6 nitrogen and oxygen atoms in total. The summed E-state index contributed by atoms with van der Waals surface area (Å²) in [5.74, 6) is -2.28. The molecule has 0 atom stereocenters. The summed E-state index contributed by atoms with van der Waals surface area (Å²) in [7, 11) is 0. The highest BCUT2D eigenvalue weighted by Gasteiger charge is 2.15. The molecule has 1 rings (SSSR count). The van der Waals surface area contributed by atoms with Gasteiger partial charge in [-0.3, -0.25) is 5.32 Å². The van der Waals surface area contributed by atoms with Crippen LogP contribution in [0.5, 0.6) is 0 Å². The van der Waals surface area contributed by atoms with E-state index >= 15 is 0 Å². The number of alkyl carbamates (subject to hydrolysis) is 1. The van der Waals surface area contributed by atoms with Gasteiger partial charge in [-0.05, 0) is 12.1 Å². The molecular formula is C12H10Cl3FN2O4. The maximum absolute atomic E-state index is 13.4. The van der Waals surface area contributed by atoms with E-state index in [4.69, 9.17) is 44.6 Å². The van der Waals surface area contributed by atoms with Crippen LogP contribution < -0.4 is 10.6 Å². The summed E-state index contributed by atoms with van der Waals surface area (Å²) in [5.41, 5.74) is -0.426. The van der Waals surface area contributed by atoms with Crippen molar-refractivity contribution in [3.05, 3.63) is 39.2 Å². The topological polar surface area (TPSA) is 87.7 Å². The Morgan fingerprint density at radius 3 is 2.55 bits per heavy atom. The van der Waals surface area contributed by atoms with Crippen LogP contribution in [-0.4, -0.2) is 30.3 Å². The van der Waals surface area contributed by atoms with Gasteiger partial charge < -0.3 is 15.2 Å². The van der Waals surface area contributed by atoms with Crippen LogP contribution in [0.15, 0.2) is 27.8 Å². The van der Waals surface area contributed by atoms with Gasteiger partial charge in [0.15, 0.2) is 0 Å². The highest BCUT2D eigenvalue weighted by molar-refractivity contribution is 6.59. The lowest BCUT2D eigenvalue weighted by Crippen LogP contribution is -2.24. The first-order valence-electron chi connectivity index (χ1n) is 5.73. The van der Waals surface area contributed by atoms with Crippen molar-refractivity contribution >= 4 is 52.6 Å². The Morgan fingerprint density at radius 1 is 1.27 bits per heavy atom. The first-order chi connectivity index (χ1) is 10.3. The average molecular weight is 372 g/mol. The molecule has 0 aliphatic carbocycles. The third kappa shape index (κ3) is 5.59. The SMILES string of the molecule is O=C(NC(Cl)=C(Cl)Cl)OCCNc1cccc(F)c1C(=O)O. The monoisotopic (exact) mass is 370 g/mol. The highest BCUT2D eigenvalue weighted by Crippen LogP contribution is 2.18. The van der Waals surface area contributed by atoms with Gasteiger partial charge in [0.05, 0.1) is 5.69 Å². The molecule has 0 aliphatic rings. The molecule has 22 heavy (non-hydrogen) atoms. The fourth-order valence-electron chi connectivity index (χ4n) is 1.39. The van der Waals surface area contributed by atoms with Crippen LogP contribution in [0.3, 0.4) is 0 Å². The van der Waals surface area contributed by atoms with Gasteiger partial charge in [-0.2, -0.15) is 0 Å². The van der Waals surface area contributed by atoms with Crippen molar-refractivity contribution in [3.8, 4) is 0 Å². The Balaban J connectivity index is 2.49. The van der Waals surface area contributed by atoms with Crippen LogP contribution in [0.2, 0.25) is 0 Å². The van der Waals surface area contributed by atoms with Gasteiger partial charge in [0.2, 0.25) is 0 Å². The molecule has 0 saturated heterocycles. The Morgan fingerprint density at radius 2 is 1.95 bits per heavy atom. The van der Waals surface area contributed by atoms with Crippen molar-refractivity contribution in [1.29, 1.82) is 0 Å². The molecule has 3 N–H and O–H groups in total. The fourth-order valence-corrected chi connectivity index (χ4v) is 1.56. The normalized spacial score (nSPS) is 9.82. The molecule has 0 aliphatic heterocycles. The third-order valence-corrected chi connectivity index (χ3v) is 3.11. The second-order valence-electron chi connectivity index (χ2n) is 3.73. The number of amides is 1. The number of hydrogen-bond acceptors (Lipinski definition) is 4. The van der Waals surface area contributed by atoms with Gasteiger partial charge in [-0.25, -0.2) is 14.0 Å². The first kappa shape index (κ1) is 18.3. The summed E-state index contributed by atoms with van der Waals surface area (Å²) in [6, 6.07) is 3.77. The predicted octanol–water partition coefficient (Wildman–Crippen LogP) is 3.51. The molecule has 10 heteroatoms. The van der Waals surface area contributed by atoms with Gasteiger partial charge in [0.1, 0.15) is 27.6 Å². The van der Waals surface area contributed by atoms with E-state index in [1.807, 2.05) is 0 Å². The van der Waals surface area contributed by atoms with E-state index in [2.05, 4.69) is 10.6 Å². The lowest BCUT2D eigenvalue weighted by Gasteiger charge is -2.11. The van der Waals surface area contributed by atoms with Gasteiger partial charge in [-0.1, -0.05) is 40.9 Å². The van der Waals surface area contributed by atoms with Gasteiger partial charge in [-0.15, -0.1) is 0 Å². The van der Waals surface area contributed by atoms with E-state index in [0.29, 0.717) is 0 Å². The minimum Gasteiger partial charge on any atom is -0.478 e. The Labute approximate surface area is 139 Å². The van der Waals surface area contributed by atoms with Crippen LogP contribution in [0, 0.1) is 5.82 Å². The Kier molecular flexibility index (Phi) is 7.23. The zero-order valence-corrected chi connectivity index (χ0v) is 13.1. The van der Waals surface area contributed by atoms with Crippen LogP contribution in [0.1, 0.15) is 10.4 Å². The summed E-state index contributed by atoms with van der Waals surface area (Å²) in [5, 5.41) is 13.3. The molecule has 0 unspecified atom stereocenters.